The maximum absolute atomic E-state index is 12.8. The van der Waals surface area contributed by atoms with Crippen molar-refractivity contribution in [2.75, 3.05) is 13.1 Å². The molecule has 1 aliphatic heterocycles. The Bertz CT molecular complexity index is 736. The minimum atomic E-state index is -0.0781. The Morgan fingerprint density at radius 1 is 0.731 bits per heavy atom. The normalized spacial score (nSPS) is 20.2. The van der Waals surface area contributed by atoms with E-state index < -0.39 is 0 Å². The number of nitrogens with zero attached hydrogens (tertiary/aromatic N) is 2. The number of amides is 2. The molecule has 3 rings (SSSR count). The number of halogens is 2. The fraction of sp³-hybridized carbons (Fsp3) is 0.300. The predicted molar refractivity (Wildman–Crippen MR) is 104 cm³/mol. The molecule has 1 heterocycles. The van der Waals surface area contributed by atoms with Crippen molar-refractivity contribution in [1.29, 1.82) is 0 Å². The van der Waals surface area contributed by atoms with Gasteiger partial charge in [0.15, 0.2) is 0 Å². The zero-order valence-electron chi connectivity index (χ0n) is 14.7. The van der Waals surface area contributed by atoms with Gasteiger partial charge in [-0.15, -0.1) is 0 Å². The van der Waals surface area contributed by atoms with Gasteiger partial charge < -0.3 is 9.80 Å². The van der Waals surface area contributed by atoms with Crippen LogP contribution in [0.1, 0.15) is 34.6 Å². The Kier molecular flexibility index (Phi) is 5.54. The number of rotatable bonds is 2. The molecule has 2 aromatic carbocycles. The Balaban J connectivity index is 1.74. The van der Waals surface area contributed by atoms with E-state index in [4.69, 9.17) is 23.2 Å². The van der Waals surface area contributed by atoms with E-state index in [0.717, 1.165) is 0 Å². The summed E-state index contributed by atoms with van der Waals surface area (Å²) in [5.74, 6) is -0.0841. The molecule has 0 radical (unpaired) electrons. The maximum Gasteiger partial charge on any atom is 0.254 e. The maximum atomic E-state index is 12.8. The highest BCUT2D eigenvalue weighted by Crippen LogP contribution is 2.22. The molecule has 2 amide bonds. The average molecular weight is 391 g/mol. The highest BCUT2D eigenvalue weighted by molar-refractivity contribution is 6.31. The third-order valence-electron chi connectivity index (χ3n) is 4.69. The number of piperazine rings is 1. The second-order valence-electron chi connectivity index (χ2n) is 6.63. The Labute approximate surface area is 163 Å². The third kappa shape index (κ3) is 3.87. The molecule has 2 unspecified atom stereocenters. The molecule has 26 heavy (non-hydrogen) atoms. The first-order chi connectivity index (χ1) is 12.4. The summed E-state index contributed by atoms with van der Waals surface area (Å²) in [6.07, 6.45) is 0. The topological polar surface area (TPSA) is 40.6 Å². The fourth-order valence-corrected chi connectivity index (χ4v) is 3.46. The molecule has 6 heteroatoms. The van der Waals surface area contributed by atoms with Crippen molar-refractivity contribution in [3.05, 3.63) is 69.7 Å². The number of benzene rings is 2. The average Bonchev–Trinajstić information content (AvgIpc) is 2.63. The smallest absolute Gasteiger partial charge is 0.254 e. The molecular weight excluding hydrogens is 371 g/mol. The van der Waals surface area contributed by atoms with Gasteiger partial charge >= 0.3 is 0 Å². The van der Waals surface area contributed by atoms with Crippen molar-refractivity contribution < 1.29 is 9.59 Å². The van der Waals surface area contributed by atoms with E-state index in [2.05, 4.69) is 0 Å². The highest BCUT2D eigenvalue weighted by Gasteiger charge is 2.35. The molecule has 0 aliphatic carbocycles. The lowest BCUT2D eigenvalue weighted by molar-refractivity contribution is 0.0270. The molecular formula is C20H20Cl2N2O2. The van der Waals surface area contributed by atoms with Crippen molar-refractivity contribution in [1.82, 2.24) is 9.80 Å². The zero-order valence-corrected chi connectivity index (χ0v) is 16.2. The minimum Gasteiger partial charge on any atom is -0.332 e. The van der Waals surface area contributed by atoms with Gasteiger partial charge in [0.25, 0.3) is 11.8 Å². The standard InChI is InChI=1S/C20H20Cl2N2O2/c1-13-11-24(20(26)16-5-9-18(22)10-6-16)14(2)12-23(13)19(25)15-3-7-17(21)8-4-15/h3-10,13-14H,11-12H2,1-2H3. The van der Waals surface area contributed by atoms with Crippen LogP contribution in [0.2, 0.25) is 10.0 Å². The van der Waals surface area contributed by atoms with Crippen LogP contribution in [0.3, 0.4) is 0 Å². The SMILES string of the molecule is CC1CN(C(=O)c2ccc(Cl)cc2)C(C)CN1C(=O)c1ccc(Cl)cc1. The molecule has 4 nitrogen and oxygen atoms in total. The number of carbonyl (C=O) groups is 2. The summed E-state index contributed by atoms with van der Waals surface area (Å²) in [5.41, 5.74) is 1.21. The summed E-state index contributed by atoms with van der Waals surface area (Å²) in [7, 11) is 0. The fourth-order valence-electron chi connectivity index (χ4n) is 3.21. The van der Waals surface area contributed by atoms with E-state index in [9.17, 15) is 9.59 Å². The van der Waals surface area contributed by atoms with Crippen LogP contribution in [0, 0.1) is 0 Å². The van der Waals surface area contributed by atoms with Crippen molar-refractivity contribution in [3.63, 3.8) is 0 Å². The number of carbonyl (C=O) groups excluding carboxylic acids is 2. The van der Waals surface area contributed by atoms with Crippen LogP contribution in [-0.2, 0) is 0 Å². The van der Waals surface area contributed by atoms with Gasteiger partial charge in [-0.05, 0) is 62.4 Å². The molecule has 0 saturated carbocycles. The third-order valence-corrected chi connectivity index (χ3v) is 5.19. The lowest BCUT2D eigenvalue weighted by Crippen LogP contribution is -2.59. The molecule has 0 spiro atoms. The minimum absolute atomic E-state index is 0.0420. The van der Waals surface area contributed by atoms with Crippen molar-refractivity contribution in [3.8, 4) is 0 Å². The summed E-state index contributed by atoms with van der Waals surface area (Å²) < 4.78 is 0. The second-order valence-corrected chi connectivity index (χ2v) is 7.50. The van der Waals surface area contributed by atoms with Crippen molar-refractivity contribution >= 4 is 35.0 Å². The summed E-state index contributed by atoms with van der Waals surface area (Å²) in [5, 5.41) is 1.20. The van der Waals surface area contributed by atoms with Crippen molar-refractivity contribution in [2.45, 2.75) is 25.9 Å². The van der Waals surface area contributed by atoms with Crippen LogP contribution >= 0.6 is 23.2 Å². The molecule has 2 aromatic rings. The van der Waals surface area contributed by atoms with E-state index in [1.54, 1.807) is 48.5 Å². The molecule has 0 bridgehead atoms. The molecule has 1 saturated heterocycles. The first kappa shape index (κ1) is 18.7. The van der Waals surface area contributed by atoms with Crippen LogP contribution in [0.5, 0.6) is 0 Å². The van der Waals surface area contributed by atoms with Crippen LogP contribution in [0.25, 0.3) is 0 Å². The van der Waals surface area contributed by atoms with E-state index in [1.165, 1.54) is 0 Å². The Hall–Kier alpha value is -2.04. The van der Waals surface area contributed by atoms with Gasteiger partial charge in [0.05, 0.1) is 0 Å². The second kappa shape index (κ2) is 7.68. The molecule has 1 aliphatic rings. The Morgan fingerprint density at radius 2 is 1.04 bits per heavy atom. The zero-order chi connectivity index (χ0) is 18.8. The van der Waals surface area contributed by atoms with Gasteiger partial charge in [0, 0.05) is 46.3 Å². The lowest BCUT2D eigenvalue weighted by atomic mass is 10.0. The summed E-state index contributed by atoms with van der Waals surface area (Å²) >= 11 is 11.8. The summed E-state index contributed by atoms with van der Waals surface area (Å²) in [6.45, 7) is 4.90. The monoisotopic (exact) mass is 390 g/mol. The highest BCUT2D eigenvalue weighted by atomic mass is 35.5. The van der Waals surface area contributed by atoms with E-state index >= 15 is 0 Å². The summed E-state index contributed by atoms with van der Waals surface area (Å²) in [6, 6.07) is 13.6. The van der Waals surface area contributed by atoms with Gasteiger partial charge in [-0.3, -0.25) is 9.59 Å². The predicted octanol–water partition coefficient (Wildman–Crippen LogP) is 4.37. The largest absolute Gasteiger partial charge is 0.332 e. The summed E-state index contributed by atoms with van der Waals surface area (Å²) in [4.78, 5) is 29.3. The van der Waals surface area contributed by atoms with Gasteiger partial charge in [0.1, 0.15) is 0 Å². The first-order valence-electron chi connectivity index (χ1n) is 8.50. The molecule has 0 N–H and O–H groups in total. The number of hydrogen-bond donors (Lipinski definition) is 0. The van der Waals surface area contributed by atoms with E-state index in [1.807, 2.05) is 23.6 Å². The van der Waals surface area contributed by atoms with Gasteiger partial charge in [0.2, 0.25) is 0 Å². The van der Waals surface area contributed by atoms with Crippen molar-refractivity contribution in [2.24, 2.45) is 0 Å². The quantitative estimate of drug-likeness (QED) is 0.763. The Morgan fingerprint density at radius 3 is 1.35 bits per heavy atom. The number of hydrogen-bond acceptors (Lipinski definition) is 2. The van der Waals surface area contributed by atoms with Gasteiger partial charge in [-0.1, -0.05) is 23.2 Å². The molecule has 1 fully saturated rings. The molecule has 2 atom stereocenters. The molecule has 136 valence electrons. The van der Waals surface area contributed by atoms with Gasteiger partial charge in [-0.25, -0.2) is 0 Å². The van der Waals surface area contributed by atoms with E-state index in [0.29, 0.717) is 34.3 Å². The van der Waals surface area contributed by atoms with Crippen LogP contribution in [0.15, 0.2) is 48.5 Å². The van der Waals surface area contributed by atoms with E-state index in [-0.39, 0.29) is 23.9 Å². The van der Waals surface area contributed by atoms with Crippen LogP contribution < -0.4 is 0 Å². The lowest BCUT2D eigenvalue weighted by Gasteiger charge is -2.44. The van der Waals surface area contributed by atoms with Crippen LogP contribution in [0.4, 0.5) is 0 Å². The molecule has 0 aromatic heterocycles. The van der Waals surface area contributed by atoms with Crippen LogP contribution in [-0.4, -0.2) is 46.8 Å². The first-order valence-corrected chi connectivity index (χ1v) is 9.25. The van der Waals surface area contributed by atoms with Gasteiger partial charge in [-0.2, -0.15) is 0 Å².